The van der Waals surface area contributed by atoms with Crippen LogP contribution in [0.1, 0.15) is 0 Å². The highest BCUT2D eigenvalue weighted by Crippen LogP contribution is 2.36. The van der Waals surface area contributed by atoms with Crippen molar-refractivity contribution >= 4 is 33.7 Å². The van der Waals surface area contributed by atoms with Gasteiger partial charge in [0.15, 0.2) is 16.7 Å². The number of rotatable bonds is 2. The van der Waals surface area contributed by atoms with Crippen LogP contribution in [0.15, 0.2) is 22.1 Å². The molecule has 1 aliphatic heterocycles. The van der Waals surface area contributed by atoms with Crippen molar-refractivity contribution in [3.63, 3.8) is 0 Å². The van der Waals surface area contributed by atoms with Gasteiger partial charge in [-0.1, -0.05) is 11.8 Å². The summed E-state index contributed by atoms with van der Waals surface area (Å²) in [6, 6.07) is 3.78. The molecule has 114 valence electrons. The molecule has 1 aromatic carbocycles. The maximum absolute atomic E-state index is 12.7. The molecule has 0 radical (unpaired) electrons. The molecule has 0 saturated carbocycles. The lowest BCUT2D eigenvalue weighted by molar-refractivity contribution is 0.356. The molecule has 2 aromatic heterocycles. The smallest absolute Gasteiger partial charge is 0.278 e. The Balaban J connectivity index is 2.20. The predicted molar refractivity (Wildman–Crippen MR) is 86.3 cm³/mol. The van der Waals surface area contributed by atoms with Crippen LogP contribution in [0, 0.1) is 0 Å². The summed E-state index contributed by atoms with van der Waals surface area (Å²) in [5.74, 6) is 2.17. The van der Waals surface area contributed by atoms with Crippen molar-refractivity contribution in [1.29, 1.82) is 0 Å². The van der Waals surface area contributed by atoms with Crippen molar-refractivity contribution in [2.24, 2.45) is 7.05 Å². The number of hydrogen-bond donors (Lipinski definition) is 0. The Hall–Kier alpha value is -2.15. The van der Waals surface area contributed by atoms with Crippen LogP contribution in [0.3, 0.4) is 0 Å². The summed E-state index contributed by atoms with van der Waals surface area (Å²) in [5.41, 5.74) is 2.27. The molecular weight excluding hydrogens is 302 g/mol. The van der Waals surface area contributed by atoms with Crippen LogP contribution in [-0.4, -0.2) is 34.1 Å². The zero-order chi connectivity index (χ0) is 15.4. The van der Waals surface area contributed by atoms with Gasteiger partial charge in [-0.2, -0.15) is 0 Å². The van der Waals surface area contributed by atoms with Crippen molar-refractivity contribution in [2.45, 2.75) is 11.7 Å². The topological polar surface area (TPSA) is 58.3 Å². The van der Waals surface area contributed by atoms with E-state index < -0.39 is 0 Å². The standard InChI is InChI=1S/C15H15N3O3S/c1-17-9-7-11(21-3)10(20-2)6-8(9)12-13(17)14(19)18-4-5-22-15(18)16-12/h6-7H,4-5H2,1-3H3. The van der Waals surface area contributed by atoms with E-state index in [-0.39, 0.29) is 5.56 Å². The molecule has 0 unspecified atom stereocenters. The number of ether oxygens (including phenoxy) is 2. The first-order valence-corrected chi connectivity index (χ1v) is 7.92. The second-order valence-corrected chi connectivity index (χ2v) is 6.24. The van der Waals surface area contributed by atoms with Crippen molar-refractivity contribution in [3.8, 4) is 11.5 Å². The molecule has 0 fully saturated rings. The third-order valence-electron chi connectivity index (χ3n) is 4.11. The van der Waals surface area contributed by atoms with Crippen LogP contribution in [0.5, 0.6) is 11.5 Å². The molecule has 3 aromatic rings. The number of nitrogens with zero attached hydrogens (tertiary/aromatic N) is 3. The van der Waals surface area contributed by atoms with E-state index in [0.29, 0.717) is 17.0 Å². The molecular formula is C15H15N3O3S. The average molecular weight is 317 g/mol. The van der Waals surface area contributed by atoms with E-state index >= 15 is 0 Å². The predicted octanol–water partition coefficient (Wildman–Crippen LogP) is 2.01. The second-order valence-electron chi connectivity index (χ2n) is 5.18. The minimum atomic E-state index is 0.0154. The van der Waals surface area contributed by atoms with Gasteiger partial charge in [-0.05, 0) is 6.07 Å². The van der Waals surface area contributed by atoms with Gasteiger partial charge in [0.05, 0.1) is 19.7 Å². The Bertz CT molecular complexity index is 974. The van der Waals surface area contributed by atoms with Gasteiger partial charge in [0, 0.05) is 30.8 Å². The summed E-state index contributed by atoms with van der Waals surface area (Å²) in [4.78, 5) is 17.5. The lowest BCUT2D eigenvalue weighted by Crippen LogP contribution is -2.21. The van der Waals surface area contributed by atoms with Gasteiger partial charge in [-0.15, -0.1) is 0 Å². The molecule has 22 heavy (non-hydrogen) atoms. The molecule has 0 bridgehead atoms. The highest BCUT2D eigenvalue weighted by molar-refractivity contribution is 7.99. The molecule has 0 N–H and O–H groups in total. The van der Waals surface area contributed by atoms with E-state index in [1.165, 1.54) is 0 Å². The molecule has 0 amide bonds. The van der Waals surface area contributed by atoms with E-state index in [9.17, 15) is 4.79 Å². The van der Waals surface area contributed by atoms with Crippen LogP contribution in [0.4, 0.5) is 0 Å². The van der Waals surface area contributed by atoms with E-state index in [1.54, 1.807) is 30.5 Å². The van der Waals surface area contributed by atoms with Crippen LogP contribution < -0.4 is 15.0 Å². The summed E-state index contributed by atoms with van der Waals surface area (Å²) in [6.45, 7) is 0.718. The van der Waals surface area contributed by atoms with E-state index in [2.05, 4.69) is 0 Å². The SMILES string of the molecule is COc1cc2c3nc4n(c(=O)c3n(C)c2cc1OC)CCS4. The van der Waals surface area contributed by atoms with Gasteiger partial charge in [-0.3, -0.25) is 9.36 Å². The minimum Gasteiger partial charge on any atom is -0.493 e. The van der Waals surface area contributed by atoms with Crippen LogP contribution >= 0.6 is 11.8 Å². The number of methoxy groups -OCH3 is 2. The first-order valence-electron chi connectivity index (χ1n) is 6.93. The second kappa shape index (κ2) is 4.67. The third-order valence-corrected chi connectivity index (χ3v) is 5.07. The fourth-order valence-corrected chi connectivity index (χ4v) is 3.95. The van der Waals surface area contributed by atoms with E-state index in [4.69, 9.17) is 14.5 Å². The fraction of sp³-hybridized carbons (Fsp3) is 0.333. The molecule has 1 aliphatic rings. The summed E-state index contributed by atoms with van der Waals surface area (Å²) in [6.07, 6.45) is 0. The zero-order valence-electron chi connectivity index (χ0n) is 12.5. The third kappa shape index (κ3) is 1.62. The van der Waals surface area contributed by atoms with Gasteiger partial charge in [-0.25, -0.2) is 4.98 Å². The fourth-order valence-electron chi connectivity index (χ4n) is 3.01. The number of benzene rings is 1. The summed E-state index contributed by atoms with van der Waals surface area (Å²) >= 11 is 1.62. The van der Waals surface area contributed by atoms with Gasteiger partial charge >= 0.3 is 0 Å². The molecule has 6 nitrogen and oxygen atoms in total. The molecule has 0 aliphatic carbocycles. The number of hydrogen-bond acceptors (Lipinski definition) is 5. The van der Waals surface area contributed by atoms with Gasteiger partial charge < -0.3 is 14.0 Å². The normalized spacial score (nSPS) is 13.8. The molecule has 7 heteroatoms. The largest absolute Gasteiger partial charge is 0.493 e. The van der Waals surface area contributed by atoms with Crippen LogP contribution in [0.2, 0.25) is 0 Å². The van der Waals surface area contributed by atoms with Crippen molar-refractivity contribution in [2.75, 3.05) is 20.0 Å². The Labute approximate surface area is 130 Å². The maximum Gasteiger partial charge on any atom is 0.278 e. The molecule has 4 rings (SSSR count). The highest BCUT2D eigenvalue weighted by Gasteiger charge is 2.22. The van der Waals surface area contributed by atoms with Gasteiger partial charge in [0.25, 0.3) is 5.56 Å². The van der Waals surface area contributed by atoms with Crippen molar-refractivity contribution < 1.29 is 9.47 Å². The van der Waals surface area contributed by atoms with Crippen LogP contribution in [0.25, 0.3) is 21.9 Å². The van der Waals surface area contributed by atoms with Crippen molar-refractivity contribution in [1.82, 2.24) is 14.1 Å². The van der Waals surface area contributed by atoms with Crippen molar-refractivity contribution in [3.05, 3.63) is 22.5 Å². The Kier molecular flexibility index (Phi) is 2.87. The Morgan fingerprint density at radius 3 is 2.68 bits per heavy atom. The average Bonchev–Trinajstić information content (AvgIpc) is 3.10. The monoisotopic (exact) mass is 317 g/mol. The highest BCUT2D eigenvalue weighted by atomic mass is 32.2. The minimum absolute atomic E-state index is 0.0154. The number of aryl methyl sites for hydroxylation is 1. The van der Waals surface area contributed by atoms with E-state index in [0.717, 1.165) is 33.9 Å². The molecule has 0 spiro atoms. The lowest BCUT2D eigenvalue weighted by atomic mass is 10.2. The summed E-state index contributed by atoms with van der Waals surface area (Å²) < 4.78 is 14.4. The first kappa shape index (κ1) is 13.5. The van der Waals surface area contributed by atoms with Crippen LogP contribution in [-0.2, 0) is 13.6 Å². The van der Waals surface area contributed by atoms with Gasteiger partial charge in [0.1, 0.15) is 11.0 Å². The lowest BCUT2D eigenvalue weighted by Gasteiger charge is -2.07. The number of thioether (sulfide) groups is 1. The number of fused-ring (bicyclic) bond motifs is 4. The van der Waals surface area contributed by atoms with Gasteiger partial charge in [0.2, 0.25) is 0 Å². The number of aromatic nitrogens is 3. The molecule has 3 heterocycles. The maximum atomic E-state index is 12.7. The summed E-state index contributed by atoms with van der Waals surface area (Å²) in [7, 11) is 5.09. The quantitative estimate of drug-likeness (QED) is 0.677. The van der Waals surface area contributed by atoms with E-state index in [1.807, 2.05) is 23.7 Å². The first-order chi connectivity index (χ1) is 10.7. The Morgan fingerprint density at radius 2 is 1.95 bits per heavy atom. The Morgan fingerprint density at radius 1 is 1.23 bits per heavy atom. The molecule has 0 saturated heterocycles. The molecule has 0 atom stereocenters. The zero-order valence-corrected chi connectivity index (χ0v) is 13.4. The summed E-state index contributed by atoms with van der Waals surface area (Å²) in [5, 5.41) is 1.70.